The van der Waals surface area contributed by atoms with E-state index in [-0.39, 0.29) is 6.47 Å². The zero-order valence-electron chi connectivity index (χ0n) is 4.75. The van der Waals surface area contributed by atoms with Crippen LogP contribution in [0.5, 0.6) is 0 Å². The first-order valence-electron chi connectivity index (χ1n) is 2.07. The zero-order chi connectivity index (χ0) is 6.62. The highest BCUT2D eigenvalue weighted by atomic mass is 17.2. The van der Waals surface area contributed by atoms with Crippen LogP contribution < -0.4 is 0 Å². The third-order valence-electron chi connectivity index (χ3n) is 0.291. The Morgan fingerprint density at radius 2 is 2.12 bits per heavy atom. The van der Waals surface area contributed by atoms with Crippen LogP contribution in [0.15, 0.2) is 0 Å². The van der Waals surface area contributed by atoms with Gasteiger partial charge in [0.25, 0.3) is 0 Å². The molecule has 0 saturated heterocycles. The number of hydrogen-bond donors (Lipinski definition) is 1. The fourth-order valence-corrected chi connectivity index (χ4v) is 0.137. The molecule has 0 aliphatic heterocycles. The van der Waals surface area contributed by atoms with Crippen LogP contribution in [0.4, 0.5) is 0 Å². The van der Waals surface area contributed by atoms with Gasteiger partial charge in [0.2, 0.25) is 5.79 Å². The van der Waals surface area contributed by atoms with Gasteiger partial charge in [0.15, 0.2) is 0 Å². The van der Waals surface area contributed by atoms with Crippen molar-refractivity contribution in [2.45, 2.75) is 19.6 Å². The van der Waals surface area contributed by atoms with Gasteiger partial charge in [0.05, 0.1) is 0 Å². The second kappa shape index (κ2) is 2.64. The summed E-state index contributed by atoms with van der Waals surface area (Å²) in [6.45, 7) is 2.78. The van der Waals surface area contributed by atoms with Crippen molar-refractivity contribution in [2.75, 3.05) is 0 Å². The average molecular weight is 120 g/mol. The summed E-state index contributed by atoms with van der Waals surface area (Å²) in [5.41, 5.74) is 0. The van der Waals surface area contributed by atoms with E-state index in [0.29, 0.717) is 0 Å². The lowest BCUT2D eigenvalue weighted by atomic mass is 10.4. The van der Waals surface area contributed by atoms with Crippen molar-refractivity contribution in [2.24, 2.45) is 0 Å². The molecule has 0 bridgehead atoms. The Kier molecular flexibility index (Phi) is 2.44. The Balaban J connectivity index is 3.24. The minimum absolute atomic E-state index is 0.0952. The predicted octanol–water partition coefficient (Wildman–Crippen LogP) is -0.181. The van der Waals surface area contributed by atoms with Crippen molar-refractivity contribution < 1.29 is 19.7 Å². The second-order valence-corrected chi connectivity index (χ2v) is 1.72. The molecular formula is C4H8O4. The summed E-state index contributed by atoms with van der Waals surface area (Å²) >= 11 is 0. The quantitative estimate of drug-likeness (QED) is 0.243. The van der Waals surface area contributed by atoms with Crippen molar-refractivity contribution in [3.8, 4) is 0 Å². The summed E-state index contributed by atoms with van der Waals surface area (Å²) in [7, 11) is 0. The topological polar surface area (TPSA) is 55.8 Å². The minimum atomic E-state index is -1.40. The van der Waals surface area contributed by atoms with Gasteiger partial charge < -0.3 is 5.11 Å². The number of carbonyl (C=O) groups is 1. The maximum absolute atomic E-state index is 9.39. The molecule has 1 N–H and O–H groups in total. The molecule has 0 aliphatic rings. The molecule has 0 amide bonds. The molecule has 0 saturated carbocycles. The van der Waals surface area contributed by atoms with E-state index in [2.05, 4.69) is 9.78 Å². The largest absolute Gasteiger partial charge is 0.363 e. The third-order valence-corrected chi connectivity index (χ3v) is 0.291. The molecule has 0 unspecified atom stereocenters. The summed E-state index contributed by atoms with van der Waals surface area (Å²) in [6.07, 6.45) is 0. The number of aliphatic hydroxyl groups is 1. The zero-order valence-corrected chi connectivity index (χ0v) is 4.75. The first-order chi connectivity index (χ1) is 3.56. The maximum atomic E-state index is 9.39. The molecule has 8 heavy (non-hydrogen) atoms. The van der Waals surface area contributed by atoms with Gasteiger partial charge >= 0.3 is 6.47 Å². The van der Waals surface area contributed by atoms with Crippen LogP contribution in [-0.2, 0) is 14.6 Å². The van der Waals surface area contributed by atoms with Gasteiger partial charge in [0, 0.05) is 0 Å². The minimum Gasteiger partial charge on any atom is -0.363 e. The van der Waals surface area contributed by atoms with Crippen LogP contribution in [-0.4, -0.2) is 17.4 Å². The lowest BCUT2D eigenvalue weighted by Crippen LogP contribution is -2.22. The molecule has 0 aromatic heterocycles. The Bertz CT molecular complexity index is 72.6. The highest BCUT2D eigenvalue weighted by Crippen LogP contribution is 2.01. The molecule has 0 atom stereocenters. The molecule has 0 rings (SSSR count). The predicted molar refractivity (Wildman–Crippen MR) is 24.5 cm³/mol. The normalized spacial score (nSPS) is 10.9. The molecular weight excluding hydrogens is 112 g/mol. The van der Waals surface area contributed by atoms with Crippen LogP contribution in [0.25, 0.3) is 0 Å². The van der Waals surface area contributed by atoms with Crippen LogP contribution >= 0.6 is 0 Å². The van der Waals surface area contributed by atoms with Crippen molar-refractivity contribution in [3.05, 3.63) is 0 Å². The van der Waals surface area contributed by atoms with E-state index in [4.69, 9.17) is 5.11 Å². The molecule has 0 aliphatic carbocycles. The van der Waals surface area contributed by atoms with E-state index in [1.807, 2.05) is 0 Å². The van der Waals surface area contributed by atoms with E-state index < -0.39 is 5.79 Å². The summed E-state index contributed by atoms with van der Waals surface area (Å²) in [6, 6.07) is 0. The fraction of sp³-hybridized carbons (Fsp3) is 0.750. The lowest BCUT2D eigenvalue weighted by Gasteiger charge is -2.12. The third kappa shape index (κ3) is 5.39. The summed E-state index contributed by atoms with van der Waals surface area (Å²) in [5.74, 6) is -1.40. The molecule has 4 nitrogen and oxygen atoms in total. The highest BCUT2D eigenvalue weighted by Gasteiger charge is 2.13. The van der Waals surface area contributed by atoms with E-state index in [1.54, 1.807) is 0 Å². The Hall–Kier alpha value is -0.610. The molecule has 0 radical (unpaired) electrons. The van der Waals surface area contributed by atoms with E-state index in [9.17, 15) is 4.79 Å². The van der Waals surface area contributed by atoms with Gasteiger partial charge in [-0.25, -0.2) is 0 Å². The first kappa shape index (κ1) is 7.39. The smallest absolute Gasteiger partial charge is 0.330 e. The standard InChI is InChI=1S/C4H8O4/c1-4(2,6)8-7-3-5/h3,6H,1-2H3. The molecule has 0 heterocycles. The Labute approximate surface area is 46.9 Å². The monoisotopic (exact) mass is 120 g/mol. The number of carbonyl (C=O) groups excluding carboxylic acids is 1. The van der Waals surface area contributed by atoms with Crippen molar-refractivity contribution >= 4 is 6.47 Å². The first-order valence-corrected chi connectivity index (χ1v) is 2.07. The van der Waals surface area contributed by atoms with Crippen molar-refractivity contribution in [1.82, 2.24) is 0 Å². The number of hydrogen-bond acceptors (Lipinski definition) is 4. The van der Waals surface area contributed by atoms with Crippen molar-refractivity contribution in [3.63, 3.8) is 0 Å². The van der Waals surface area contributed by atoms with Crippen molar-refractivity contribution in [1.29, 1.82) is 0 Å². The van der Waals surface area contributed by atoms with Gasteiger partial charge in [-0.3, -0.25) is 9.68 Å². The molecule has 0 aromatic rings. The second-order valence-electron chi connectivity index (χ2n) is 1.72. The van der Waals surface area contributed by atoms with E-state index >= 15 is 0 Å². The van der Waals surface area contributed by atoms with Gasteiger partial charge in [-0.05, 0) is 13.8 Å². The summed E-state index contributed by atoms with van der Waals surface area (Å²) in [4.78, 5) is 17.2. The molecule has 0 aromatic carbocycles. The van der Waals surface area contributed by atoms with Gasteiger partial charge in [0.1, 0.15) is 0 Å². The number of rotatable bonds is 3. The molecule has 0 spiro atoms. The van der Waals surface area contributed by atoms with Crippen LogP contribution in [0.2, 0.25) is 0 Å². The average Bonchev–Trinajstić information content (AvgIpc) is 1.59. The fourth-order valence-electron chi connectivity index (χ4n) is 0.137. The van der Waals surface area contributed by atoms with Crippen LogP contribution in [0.3, 0.4) is 0 Å². The van der Waals surface area contributed by atoms with Crippen LogP contribution in [0.1, 0.15) is 13.8 Å². The summed E-state index contributed by atoms with van der Waals surface area (Å²) in [5, 5.41) is 8.64. The van der Waals surface area contributed by atoms with Gasteiger partial charge in [-0.1, -0.05) is 0 Å². The highest BCUT2D eigenvalue weighted by molar-refractivity contribution is 5.35. The Morgan fingerprint density at radius 3 is 2.25 bits per heavy atom. The lowest BCUT2D eigenvalue weighted by molar-refractivity contribution is -0.374. The van der Waals surface area contributed by atoms with E-state index in [0.717, 1.165) is 0 Å². The molecule has 48 valence electrons. The maximum Gasteiger partial charge on any atom is 0.330 e. The van der Waals surface area contributed by atoms with Gasteiger partial charge in [-0.15, -0.1) is 0 Å². The Morgan fingerprint density at radius 1 is 1.62 bits per heavy atom. The summed E-state index contributed by atoms with van der Waals surface area (Å²) < 4.78 is 0. The SMILES string of the molecule is CC(C)(O)OOC=O. The van der Waals surface area contributed by atoms with Crippen LogP contribution in [0, 0.1) is 0 Å². The van der Waals surface area contributed by atoms with E-state index in [1.165, 1.54) is 13.8 Å². The van der Waals surface area contributed by atoms with Gasteiger partial charge in [-0.2, -0.15) is 4.89 Å². The molecule has 4 heteroatoms. The molecule has 0 fully saturated rings.